The number of ether oxygens (including phenoxy) is 1. The average Bonchev–Trinajstić information content (AvgIpc) is 3.34. The minimum atomic E-state index is -2.03. The van der Waals surface area contributed by atoms with Crippen molar-refractivity contribution in [2.75, 3.05) is 6.61 Å². The molecule has 0 radical (unpaired) electrons. The number of carbonyl (C=O) groups excluding carboxylic acids is 1. The molecule has 0 N–H and O–H groups in total. The number of carbonyl (C=O) groups is 1. The van der Waals surface area contributed by atoms with Crippen LogP contribution in [-0.4, -0.2) is 55.3 Å². The normalized spacial score (nSPS) is 29.1. The Morgan fingerprint density at radius 3 is 2.08 bits per heavy atom. The third-order valence-corrected chi connectivity index (χ3v) is 23.9. The van der Waals surface area contributed by atoms with E-state index in [0.717, 1.165) is 50.5 Å². The molecule has 0 aliphatic heterocycles. The summed E-state index contributed by atoms with van der Waals surface area (Å²) in [6, 6.07) is 0. The summed E-state index contributed by atoms with van der Waals surface area (Å²) < 4.78 is 26.8. The Bertz CT molecular complexity index is 1310. The van der Waals surface area contributed by atoms with Crippen molar-refractivity contribution in [1.82, 2.24) is 0 Å². The van der Waals surface area contributed by atoms with E-state index < -0.39 is 25.0 Å². The predicted molar refractivity (Wildman–Crippen MR) is 229 cm³/mol. The van der Waals surface area contributed by atoms with E-state index in [-0.39, 0.29) is 39.3 Å². The van der Waals surface area contributed by atoms with E-state index in [9.17, 15) is 4.79 Å². The van der Waals surface area contributed by atoms with Gasteiger partial charge in [0.15, 0.2) is 25.0 Å². The summed E-state index contributed by atoms with van der Waals surface area (Å²) in [5.74, 6) is 1.39. The van der Waals surface area contributed by atoms with E-state index >= 15 is 0 Å². The van der Waals surface area contributed by atoms with Crippen molar-refractivity contribution in [2.45, 2.75) is 207 Å². The lowest BCUT2D eigenvalue weighted by Crippen LogP contribution is -2.49. The van der Waals surface area contributed by atoms with Crippen LogP contribution in [0.5, 0.6) is 0 Å². The highest BCUT2D eigenvalue weighted by Crippen LogP contribution is 2.60. The van der Waals surface area contributed by atoms with Crippen molar-refractivity contribution in [1.29, 1.82) is 0 Å². The van der Waals surface area contributed by atoms with E-state index in [1.54, 1.807) is 6.92 Å². The summed E-state index contributed by atoms with van der Waals surface area (Å²) in [6.07, 6.45) is 15.9. The number of allylic oxidation sites excluding steroid dienone is 3. The molecule has 0 aromatic carbocycles. The first-order chi connectivity index (χ1) is 23.5. The van der Waals surface area contributed by atoms with Gasteiger partial charge in [0.2, 0.25) is 0 Å². The first-order valence-corrected chi connectivity index (χ1v) is 30.0. The fourth-order valence-electron chi connectivity index (χ4n) is 9.15. The molecule has 0 bridgehead atoms. The molecule has 0 heterocycles. The van der Waals surface area contributed by atoms with Crippen LogP contribution >= 0.6 is 0 Å². The largest absolute Gasteiger partial charge is 0.465 e. The molecule has 0 aromatic heterocycles. The zero-order valence-electron chi connectivity index (χ0n) is 37.1. The predicted octanol–water partition coefficient (Wildman–Crippen LogP) is 13.2. The van der Waals surface area contributed by atoms with E-state index in [1.807, 2.05) is 0 Å². The smallest absolute Gasteiger partial charge is 0.302 e. The molecular weight excluding hydrogens is 693 g/mol. The molecule has 0 spiro atoms. The van der Waals surface area contributed by atoms with E-state index in [2.05, 4.69) is 120 Å². The fourth-order valence-corrected chi connectivity index (χ4v) is 13.6. The Kier molecular flexibility index (Phi) is 14.7. The summed E-state index contributed by atoms with van der Waals surface area (Å²) in [6.45, 7) is 44.1. The van der Waals surface area contributed by atoms with Crippen LogP contribution in [0.1, 0.15) is 133 Å². The molecular formula is C44H82O5Si3. The molecule has 6 atom stereocenters. The second-order valence-electron chi connectivity index (χ2n) is 21.7. The van der Waals surface area contributed by atoms with Crippen molar-refractivity contribution < 1.29 is 22.8 Å². The van der Waals surface area contributed by atoms with Crippen LogP contribution in [0.3, 0.4) is 0 Å². The number of hydrogen-bond donors (Lipinski definition) is 0. The summed E-state index contributed by atoms with van der Waals surface area (Å²) in [7, 11) is -5.62. The van der Waals surface area contributed by atoms with Gasteiger partial charge in [-0.05, 0) is 144 Å². The van der Waals surface area contributed by atoms with Crippen molar-refractivity contribution in [3.8, 4) is 0 Å². The van der Waals surface area contributed by atoms with Crippen molar-refractivity contribution in [3.05, 3.63) is 35.5 Å². The van der Waals surface area contributed by atoms with E-state index in [0.29, 0.717) is 24.4 Å². The molecule has 52 heavy (non-hydrogen) atoms. The molecule has 0 saturated heterocycles. The van der Waals surface area contributed by atoms with Crippen LogP contribution in [0.4, 0.5) is 0 Å². The van der Waals surface area contributed by atoms with Gasteiger partial charge in [0.05, 0.1) is 24.4 Å². The lowest BCUT2D eigenvalue weighted by molar-refractivity contribution is -0.148. The van der Waals surface area contributed by atoms with Crippen LogP contribution < -0.4 is 0 Å². The molecule has 4 unspecified atom stereocenters. The van der Waals surface area contributed by atoms with E-state index in [4.69, 9.17) is 24.6 Å². The lowest BCUT2D eigenvalue weighted by atomic mass is 9.60. The molecule has 3 rings (SSSR count). The summed E-state index contributed by atoms with van der Waals surface area (Å²) in [4.78, 5) is 12.3. The number of hydrogen-bond acceptors (Lipinski definition) is 5. The van der Waals surface area contributed by atoms with Gasteiger partial charge in [0.1, 0.15) is 0 Å². The zero-order valence-corrected chi connectivity index (χ0v) is 40.1. The molecule has 8 heteroatoms. The van der Waals surface area contributed by atoms with E-state index in [1.165, 1.54) is 30.4 Å². The highest BCUT2D eigenvalue weighted by molar-refractivity contribution is 6.74. The summed E-state index contributed by atoms with van der Waals surface area (Å²) >= 11 is 0. The van der Waals surface area contributed by atoms with Gasteiger partial charge in [-0.25, -0.2) is 0 Å². The lowest BCUT2D eigenvalue weighted by Gasteiger charge is -2.46. The Morgan fingerprint density at radius 2 is 1.52 bits per heavy atom. The number of rotatable bonds is 14. The monoisotopic (exact) mass is 775 g/mol. The minimum Gasteiger partial charge on any atom is -0.465 e. The summed E-state index contributed by atoms with van der Waals surface area (Å²) in [5.41, 5.74) is 3.88. The Labute approximate surface area is 324 Å². The van der Waals surface area contributed by atoms with Gasteiger partial charge in [-0.15, -0.1) is 0 Å². The SMILES string of the molecule is C=C1C(=CC=C2CCC[C@@]3(COC(C)=O)C2CC[C@@H]3C(C)CCCC(C)(C)O[Si](C)(C)C)CC(O[Si](C)(C)C(C)(C)C)CC1O[Si](C)(C)C(C)(C)C. The highest BCUT2D eigenvalue weighted by Gasteiger charge is 2.54. The maximum absolute atomic E-state index is 12.3. The van der Waals surface area contributed by atoms with Crippen LogP contribution in [0.25, 0.3) is 0 Å². The minimum absolute atomic E-state index is 0.00352. The van der Waals surface area contributed by atoms with Crippen LogP contribution in [0, 0.1) is 23.2 Å². The number of fused-ring (bicyclic) bond motifs is 1. The first-order valence-electron chi connectivity index (χ1n) is 20.8. The molecule has 3 saturated carbocycles. The van der Waals surface area contributed by atoms with Gasteiger partial charge in [-0.2, -0.15) is 0 Å². The molecule has 3 fully saturated rings. The fraction of sp³-hybridized carbons (Fsp3) is 0.841. The van der Waals surface area contributed by atoms with Crippen molar-refractivity contribution in [3.63, 3.8) is 0 Å². The Balaban J connectivity index is 1.93. The first kappa shape index (κ1) is 45.6. The maximum atomic E-state index is 12.3. The van der Waals surface area contributed by atoms with Crippen LogP contribution in [-0.2, 0) is 22.8 Å². The van der Waals surface area contributed by atoms with Gasteiger partial charge in [0, 0.05) is 18.8 Å². The number of esters is 1. The maximum Gasteiger partial charge on any atom is 0.302 e. The van der Waals surface area contributed by atoms with Gasteiger partial charge >= 0.3 is 5.97 Å². The Morgan fingerprint density at radius 1 is 0.923 bits per heavy atom. The standard InChI is InChI=1S/C44H82O5Si3/c1-32(21-19-27-43(10,11)49-50(12,13)14)38-25-26-39-35(22-20-28-44(38,39)31-46-34(3)45)23-24-36-29-37(47-51(15,16)41(4,5)6)30-40(33(36)2)48-52(17,18)42(7,8)9/h23-24,32,37-40H,2,19-22,25-31H2,1,3-18H3/t32?,37?,38-,39?,40?,44+/m1/s1. The van der Waals surface area contributed by atoms with Gasteiger partial charge < -0.3 is 18.0 Å². The topological polar surface area (TPSA) is 54.0 Å². The summed E-state index contributed by atoms with van der Waals surface area (Å²) in [5, 5.41) is 0.262. The molecule has 300 valence electrons. The average molecular weight is 775 g/mol. The van der Waals surface area contributed by atoms with Gasteiger partial charge in [-0.3, -0.25) is 4.79 Å². The molecule has 5 nitrogen and oxygen atoms in total. The highest BCUT2D eigenvalue weighted by atomic mass is 28.4. The van der Waals surface area contributed by atoms with Crippen molar-refractivity contribution >= 4 is 30.9 Å². The zero-order chi connectivity index (χ0) is 39.7. The van der Waals surface area contributed by atoms with Crippen LogP contribution in [0.2, 0.25) is 55.9 Å². The molecule has 3 aliphatic rings. The molecule has 0 amide bonds. The second-order valence-corrected chi connectivity index (χ2v) is 35.7. The second kappa shape index (κ2) is 16.8. The molecule has 3 aliphatic carbocycles. The van der Waals surface area contributed by atoms with Gasteiger partial charge in [-0.1, -0.05) is 85.6 Å². The third-order valence-electron chi connectivity index (χ3n) is 13.7. The quantitative estimate of drug-likeness (QED) is 0.130. The molecule has 0 aromatic rings. The third kappa shape index (κ3) is 11.6. The Hall–Kier alpha value is -0.779. The van der Waals surface area contributed by atoms with Crippen molar-refractivity contribution in [2.24, 2.45) is 23.2 Å². The van der Waals surface area contributed by atoms with Crippen LogP contribution in [0.15, 0.2) is 35.5 Å². The van der Waals surface area contributed by atoms with Gasteiger partial charge in [0.25, 0.3) is 0 Å².